The highest BCUT2D eigenvalue weighted by Gasteiger charge is 2.18. The number of hydrogen-bond acceptors (Lipinski definition) is 5. The van der Waals surface area contributed by atoms with Gasteiger partial charge in [0.1, 0.15) is 24.0 Å². The molecule has 0 fully saturated rings. The van der Waals surface area contributed by atoms with E-state index in [1.807, 2.05) is 24.4 Å². The van der Waals surface area contributed by atoms with E-state index in [4.69, 9.17) is 9.15 Å². The maximum absolute atomic E-state index is 12.3. The number of hydrogen-bond donors (Lipinski definition) is 0. The zero-order valence-electron chi connectivity index (χ0n) is 13.2. The van der Waals surface area contributed by atoms with Crippen LogP contribution in [-0.4, -0.2) is 10.4 Å². The first-order valence-electron chi connectivity index (χ1n) is 7.28. The molecule has 6 nitrogen and oxygen atoms in total. The molecule has 0 aromatic carbocycles. The number of carbonyl (C=O) groups excluding carboxylic acids is 1. The smallest absolute Gasteiger partial charge is 0.342 e. The second-order valence-corrected chi connectivity index (χ2v) is 5.39. The molecule has 24 heavy (non-hydrogen) atoms. The Morgan fingerprint density at radius 1 is 1.38 bits per heavy atom. The van der Waals surface area contributed by atoms with Crippen LogP contribution in [0.2, 0.25) is 0 Å². The van der Waals surface area contributed by atoms with Crippen molar-refractivity contribution in [3.8, 4) is 6.07 Å². The van der Waals surface area contributed by atoms with E-state index in [0.29, 0.717) is 16.7 Å². The van der Waals surface area contributed by atoms with Gasteiger partial charge in [-0.15, -0.1) is 0 Å². The van der Waals surface area contributed by atoms with E-state index < -0.39 is 11.6 Å². The van der Waals surface area contributed by atoms with Crippen molar-refractivity contribution in [3.05, 3.63) is 75.1 Å². The lowest BCUT2D eigenvalue weighted by Gasteiger charge is -2.08. The number of nitriles is 1. The van der Waals surface area contributed by atoms with E-state index in [-0.39, 0.29) is 17.9 Å². The minimum absolute atomic E-state index is 0.0403. The summed E-state index contributed by atoms with van der Waals surface area (Å²) < 4.78 is 12.1. The third-order valence-corrected chi connectivity index (χ3v) is 3.77. The summed E-state index contributed by atoms with van der Waals surface area (Å²) in [4.78, 5) is 23.6. The Balaban J connectivity index is 1.88. The van der Waals surface area contributed by atoms with Crippen molar-refractivity contribution >= 4 is 11.5 Å². The number of esters is 1. The minimum Gasteiger partial charge on any atom is -0.457 e. The van der Waals surface area contributed by atoms with E-state index in [0.717, 1.165) is 5.52 Å². The molecule has 0 atom stereocenters. The summed E-state index contributed by atoms with van der Waals surface area (Å²) in [5, 5.41) is 9.35. The van der Waals surface area contributed by atoms with Gasteiger partial charge in [-0.25, -0.2) is 9.59 Å². The predicted octanol–water partition coefficient (Wildman–Crippen LogP) is 2.74. The molecule has 0 N–H and O–H groups in total. The summed E-state index contributed by atoms with van der Waals surface area (Å²) in [6.07, 6.45) is 3.58. The lowest BCUT2D eigenvalue weighted by molar-refractivity contribution is 0.0467. The fourth-order valence-electron chi connectivity index (χ4n) is 2.69. The first-order valence-corrected chi connectivity index (χ1v) is 7.28. The van der Waals surface area contributed by atoms with Crippen LogP contribution in [0.5, 0.6) is 0 Å². The van der Waals surface area contributed by atoms with E-state index in [9.17, 15) is 14.9 Å². The fourth-order valence-corrected chi connectivity index (χ4v) is 2.69. The van der Waals surface area contributed by atoms with Crippen LogP contribution in [0.15, 0.2) is 45.9 Å². The maximum atomic E-state index is 12.3. The zero-order chi connectivity index (χ0) is 17.3. The maximum Gasteiger partial charge on any atom is 0.342 e. The molecule has 3 heterocycles. The molecule has 3 aromatic rings. The summed E-state index contributed by atoms with van der Waals surface area (Å²) >= 11 is 0. The summed E-state index contributed by atoms with van der Waals surface area (Å²) in [5.74, 6) is -0.375. The number of aromatic nitrogens is 1. The Labute approximate surface area is 137 Å². The van der Waals surface area contributed by atoms with Crippen molar-refractivity contribution in [2.45, 2.75) is 20.5 Å². The number of aryl methyl sites for hydroxylation is 2. The molecule has 120 valence electrons. The standard InChI is InChI=1S/C18H14N2O4/c1-11-7-16(21)24-12(2)17(11)18(22)23-10-13-9-20-6-4-3-5-15(20)14(13)8-19/h3-7,9H,10H2,1-2H3. The SMILES string of the molecule is Cc1cc(=O)oc(C)c1C(=O)OCc1cn2ccccc2c1C#N. The van der Waals surface area contributed by atoms with Crippen molar-refractivity contribution in [3.63, 3.8) is 0 Å². The van der Waals surface area contributed by atoms with Gasteiger partial charge in [-0.1, -0.05) is 6.07 Å². The average Bonchev–Trinajstić information content (AvgIpc) is 2.89. The number of fused-ring (bicyclic) bond motifs is 1. The average molecular weight is 322 g/mol. The van der Waals surface area contributed by atoms with E-state index in [1.54, 1.807) is 24.4 Å². The van der Waals surface area contributed by atoms with Gasteiger partial charge in [0.15, 0.2) is 0 Å². The summed E-state index contributed by atoms with van der Waals surface area (Å²) in [6, 6.07) is 8.90. The molecule has 0 spiro atoms. The van der Waals surface area contributed by atoms with Gasteiger partial charge in [0.2, 0.25) is 0 Å². The summed E-state index contributed by atoms with van der Waals surface area (Å²) in [7, 11) is 0. The monoisotopic (exact) mass is 322 g/mol. The Hall–Kier alpha value is -3.33. The van der Waals surface area contributed by atoms with Gasteiger partial charge >= 0.3 is 11.6 Å². The molecule has 0 aliphatic heterocycles. The Bertz CT molecular complexity index is 1010. The van der Waals surface area contributed by atoms with Gasteiger partial charge in [-0.2, -0.15) is 5.26 Å². The van der Waals surface area contributed by atoms with Crippen LogP contribution < -0.4 is 5.63 Å². The second-order valence-electron chi connectivity index (χ2n) is 5.39. The summed E-state index contributed by atoms with van der Waals surface area (Å²) in [6.45, 7) is 3.15. The van der Waals surface area contributed by atoms with Gasteiger partial charge in [0.05, 0.1) is 11.1 Å². The van der Waals surface area contributed by atoms with Crippen LogP contribution in [0.25, 0.3) is 5.52 Å². The van der Waals surface area contributed by atoms with Crippen LogP contribution >= 0.6 is 0 Å². The number of nitrogens with zero attached hydrogens (tertiary/aromatic N) is 2. The highest BCUT2D eigenvalue weighted by molar-refractivity contribution is 5.91. The van der Waals surface area contributed by atoms with Gasteiger partial charge in [0.25, 0.3) is 0 Å². The first-order chi connectivity index (χ1) is 11.5. The van der Waals surface area contributed by atoms with Gasteiger partial charge in [0, 0.05) is 24.0 Å². The molecule has 0 aliphatic rings. The van der Waals surface area contributed by atoms with E-state index in [2.05, 4.69) is 6.07 Å². The Morgan fingerprint density at radius 2 is 2.17 bits per heavy atom. The molecule has 0 unspecified atom stereocenters. The Kier molecular flexibility index (Phi) is 3.92. The molecule has 6 heteroatoms. The second kappa shape index (κ2) is 6.05. The van der Waals surface area contributed by atoms with Crippen LogP contribution in [0.3, 0.4) is 0 Å². The lowest BCUT2D eigenvalue weighted by atomic mass is 10.1. The number of rotatable bonds is 3. The third-order valence-electron chi connectivity index (χ3n) is 3.77. The van der Waals surface area contributed by atoms with Crippen molar-refractivity contribution in [2.24, 2.45) is 0 Å². The summed E-state index contributed by atoms with van der Waals surface area (Å²) in [5.41, 5.74) is 2.06. The van der Waals surface area contributed by atoms with Crippen LogP contribution in [0.1, 0.15) is 32.8 Å². The molecule has 0 saturated carbocycles. The van der Waals surface area contributed by atoms with Gasteiger partial charge in [-0.3, -0.25) is 0 Å². The van der Waals surface area contributed by atoms with Crippen LogP contribution in [0, 0.1) is 25.2 Å². The molecule has 0 aliphatic carbocycles. The quantitative estimate of drug-likeness (QED) is 0.692. The molecule has 0 bridgehead atoms. The lowest BCUT2D eigenvalue weighted by Crippen LogP contribution is -2.13. The van der Waals surface area contributed by atoms with E-state index >= 15 is 0 Å². The molecule has 0 amide bonds. The predicted molar refractivity (Wildman–Crippen MR) is 85.7 cm³/mol. The first kappa shape index (κ1) is 15.6. The number of ether oxygens (including phenoxy) is 1. The van der Waals surface area contributed by atoms with Crippen LogP contribution in [-0.2, 0) is 11.3 Å². The molecule has 3 aromatic heterocycles. The van der Waals surface area contributed by atoms with Gasteiger partial charge in [-0.05, 0) is 31.5 Å². The van der Waals surface area contributed by atoms with Crippen molar-refractivity contribution < 1.29 is 13.9 Å². The molecular formula is C18H14N2O4. The molecule has 0 radical (unpaired) electrons. The molecular weight excluding hydrogens is 308 g/mol. The molecule has 0 saturated heterocycles. The van der Waals surface area contributed by atoms with Crippen LogP contribution in [0.4, 0.5) is 0 Å². The largest absolute Gasteiger partial charge is 0.457 e. The van der Waals surface area contributed by atoms with Crippen molar-refractivity contribution in [2.75, 3.05) is 0 Å². The normalized spacial score (nSPS) is 10.5. The van der Waals surface area contributed by atoms with Crippen molar-refractivity contribution in [1.82, 2.24) is 4.40 Å². The van der Waals surface area contributed by atoms with Gasteiger partial charge < -0.3 is 13.6 Å². The molecule has 3 rings (SSSR count). The minimum atomic E-state index is -0.590. The van der Waals surface area contributed by atoms with E-state index in [1.165, 1.54) is 6.07 Å². The third kappa shape index (κ3) is 2.68. The number of pyridine rings is 1. The highest BCUT2D eigenvalue weighted by Crippen LogP contribution is 2.20. The van der Waals surface area contributed by atoms with Crippen molar-refractivity contribution in [1.29, 1.82) is 5.26 Å². The Morgan fingerprint density at radius 3 is 2.88 bits per heavy atom. The zero-order valence-corrected chi connectivity index (χ0v) is 13.2. The fraction of sp³-hybridized carbons (Fsp3) is 0.167. The highest BCUT2D eigenvalue weighted by atomic mass is 16.5. The topological polar surface area (TPSA) is 84.7 Å². The number of carbonyl (C=O) groups is 1.